The number of amides is 1. The second-order valence-corrected chi connectivity index (χ2v) is 7.16. The molecule has 0 spiro atoms. The van der Waals surface area contributed by atoms with Gasteiger partial charge in [0.25, 0.3) is 5.91 Å². The molecule has 0 bridgehead atoms. The molecular weight excluding hydrogens is 346 g/mol. The lowest BCUT2D eigenvalue weighted by Crippen LogP contribution is -3.14. The zero-order valence-electron chi connectivity index (χ0n) is 16.2. The van der Waals surface area contributed by atoms with Crippen molar-refractivity contribution in [1.29, 1.82) is 0 Å². The number of aromatic amines is 1. The maximum absolute atomic E-state index is 12.7. The van der Waals surface area contributed by atoms with Gasteiger partial charge >= 0.3 is 5.97 Å². The third-order valence-electron chi connectivity index (χ3n) is 5.40. The number of H-pyrrole nitrogens is 1. The molecule has 1 heterocycles. The topological polar surface area (TPSA) is 84.9 Å². The van der Waals surface area contributed by atoms with Gasteiger partial charge in [-0.05, 0) is 37.8 Å². The van der Waals surface area contributed by atoms with Crippen LogP contribution in [-0.2, 0) is 9.53 Å². The molecule has 0 saturated heterocycles. The molecule has 146 valence electrons. The van der Waals surface area contributed by atoms with E-state index >= 15 is 0 Å². The van der Waals surface area contributed by atoms with Gasteiger partial charge in [-0.1, -0.05) is 12.5 Å². The number of aromatic nitrogens is 1. The van der Waals surface area contributed by atoms with Gasteiger partial charge in [0.05, 0.1) is 43.9 Å². The summed E-state index contributed by atoms with van der Waals surface area (Å²) < 4.78 is 10.3. The highest BCUT2D eigenvalue weighted by Crippen LogP contribution is 2.35. The van der Waals surface area contributed by atoms with Gasteiger partial charge in [-0.15, -0.1) is 0 Å². The number of hydrogen-bond acceptors (Lipinski definition) is 4. The van der Waals surface area contributed by atoms with Crippen LogP contribution in [0.4, 0.5) is 5.69 Å². The third-order valence-corrected chi connectivity index (χ3v) is 5.40. The Kier molecular flexibility index (Phi) is 6.01. The van der Waals surface area contributed by atoms with Crippen molar-refractivity contribution in [1.82, 2.24) is 4.98 Å². The first-order valence-electron chi connectivity index (χ1n) is 9.44. The molecule has 1 aliphatic rings. The van der Waals surface area contributed by atoms with Crippen molar-refractivity contribution in [3.05, 3.63) is 23.9 Å². The molecule has 0 aliphatic heterocycles. The van der Waals surface area contributed by atoms with Crippen molar-refractivity contribution in [3.63, 3.8) is 0 Å². The number of anilines is 1. The highest BCUT2D eigenvalue weighted by molar-refractivity contribution is 6.13. The second kappa shape index (κ2) is 8.43. The van der Waals surface area contributed by atoms with E-state index in [9.17, 15) is 9.59 Å². The lowest BCUT2D eigenvalue weighted by Gasteiger charge is -2.27. The van der Waals surface area contributed by atoms with Crippen LogP contribution in [0, 0.1) is 0 Å². The first-order valence-corrected chi connectivity index (χ1v) is 9.44. The Labute approximate surface area is 159 Å². The first kappa shape index (κ1) is 19.2. The number of fused-ring (bicyclic) bond motifs is 1. The highest BCUT2D eigenvalue weighted by Gasteiger charge is 2.26. The van der Waals surface area contributed by atoms with Gasteiger partial charge in [0.15, 0.2) is 6.54 Å². The number of esters is 1. The van der Waals surface area contributed by atoms with Gasteiger partial charge in [0, 0.05) is 0 Å². The molecule has 1 aliphatic carbocycles. The summed E-state index contributed by atoms with van der Waals surface area (Å²) >= 11 is 0. The van der Waals surface area contributed by atoms with Crippen LogP contribution >= 0.6 is 0 Å². The molecule has 1 unspecified atom stereocenters. The Bertz CT molecular complexity index is 824. The summed E-state index contributed by atoms with van der Waals surface area (Å²) in [6, 6.07) is 5.97. The minimum atomic E-state index is -0.531. The Morgan fingerprint density at radius 3 is 2.63 bits per heavy atom. The number of ether oxygens (including phenoxy) is 2. The molecule has 2 aromatic rings. The largest absolute Gasteiger partial charge is 0.496 e. The predicted molar refractivity (Wildman–Crippen MR) is 103 cm³/mol. The Hall–Kier alpha value is -2.54. The summed E-state index contributed by atoms with van der Waals surface area (Å²) in [4.78, 5) is 29.2. The van der Waals surface area contributed by atoms with E-state index in [0.29, 0.717) is 34.9 Å². The zero-order chi connectivity index (χ0) is 19.4. The number of carbonyl (C=O) groups is 2. The third kappa shape index (κ3) is 4.08. The SMILES string of the molecule is COC(=O)c1[nH]c2cccc(OC)c2c1NC(=O)C[NH+](C)C1CCCCC1. The lowest BCUT2D eigenvalue weighted by molar-refractivity contribution is -0.899. The number of rotatable bonds is 6. The van der Waals surface area contributed by atoms with Crippen LogP contribution in [-0.4, -0.2) is 50.7 Å². The van der Waals surface area contributed by atoms with Gasteiger partial charge in [-0.25, -0.2) is 4.79 Å². The summed E-state index contributed by atoms with van der Waals surface area (Å²) in [6.07, 6.45) is 6.07. The van der Waals surface area contributed by atoms with E-state index in [1.807, 2.05) is 12.1 Å². The Morgan fingerprint density at radius 1 is 1.22 bits per heavy atom. The number of nitrogens with one attached hydrogen (secondary N) is 3. The smallest absolute Gasteiger partial charge is 0.356 e. The number of carbonyl (C=O) groups excluding carboxylic acids is 2. The Balaban J connectivity index is 1.85. The molecule has 1 atom stereocenters. The van der Waals surface area contributed by atoms with E-state index in [-0.39, 0.29) is 11.6 Å². The van der Waals surface area contributed by atoms with E-state index < -0.39 is 5.97 Å². The first-order chi connectivity index (χ1) is 13.0. The highest BCUT2D eigenvalue weighted by atomic mass is 16.5. The van der Waals surface area contributed by atoms with E-state index in [2.05, 4.69) is 17.3 Å². The average Bonchev–Trinajstić information content (AvgIpc) is 3.06. The minimum absolute atomic E-state index is 0.130. The fourth-order valence-electron chi connectivity index (χ4n) is 3.94. The quantitative estimate of drug-likeness (QED) is 0.673. The summed E-state index contributed by atoms with van der Waals surface area (Å²) in [5, 5.41) is 3.59. The van der Waals surface area contributed by atoms with Crippen molar-refractivity contribution >= 4 is 28.5 Å². The van der Waals surface area contributed by atoms with E-state index in [1.165, 1.54) is 31.3 Å². The fraction of sp³-hybridized carbons (Fsp3) is 0.500. The van der Waals surface area contributed by atoms with E-state index in [4.69, 9.17) is 9.47 Å². The van der Waals surface area contributed by atoms with Crippen LogP contribution < -0.4 is 15.0 Å². The summed E-state index contributed by atoms with van der Waals surface area (Å²) in [5.41, 5.74) is 1.34. The predicted octanol–water partition coefficient (Wildman–Crippen LogP) is 1.75. The van der Waals surface area contributed by atoms with Crippen molar-refractivity contribution in [3.8, 4) is 5.75 Å². The monoisotopic (exact) mass is 374 g/mol. The lowest BCUT2D eigenvalue weighted by atomic mass is 9.94. The minimum Gasteiger partial charge on any atom is -0.496 e. The van der Waals surface area contributed by atoms with Crippen LogP contribution in [0.2, 0.25) is 0 Å². The molecule has 1 aromatic heterocycles. The number of hydrogen-bond donors (Lipinski definition) is 3. The van der Waals surface area contributed by atoms with Gasteiger partial charge in [0.1, 0.15) is 11.4 Å². The molecule has 7 heteroatoms. The summed E-state index contributed by atoms with van der Waals surface area (Å²) in [7, 11) is 4.94. The van der Waals surface area contributed by atoms with E-state index in [1.54, 1.807) is 13.2 Å². The zero-order valence-corrected chi connectivity index (χ0v) is 16.2. The molecule has 0 radical (unpaired) electrons. The van der Waals surface area contributed by atoms with Crippen LogP contribution in [0.5, 0.6) is 5.75 Å². The maximum Gasteiger partial charge on any atom is 0.356 e. The summed E-state index contributed by atoms with van der Waals surface area (Å²) in [6.45, 7) is 0.354. The molecular formula is C20H28N3O4+. The molecule has 1 fully saturated rings. The number of methoxy groups -OCH3 is 2. The van der Waals surface area contributed by atoms with Crippen LogP contribution in [0.1, 0.15) is 42.6 Å². The maximum atomic E-state index is 12.7. The molecule has 1 saturated carbocycles. The number of likely N-dealkylation sites (N-methyl/N-ethyl adjacent to an activating group) is 1. The van der Waals surface area contributed by atoms with Crippen LogP contribution in [0.15, 0.2) is 18.2 Å². The van der Waals surface area contributed by atoms with Crippen molar-refractivity contribution in [2.24, 2.45) is 0 Å². The molecule has 27 heavy (non-hydrogen) atoms. The van der Waals surface area contributed by atoms with Crippen molar-refractivity contribution in [2.45, 2.75) is 38.1 Å². The second-order valence-electron chi connectivity index (χ2n) is 7.16. The van der Waals surface area contributed by atoms with Crippen LogP contribution in [0.3, 0.4) is 0 Å². The normalized spacial score (nSPS) is 16.1. The van der Waals surface area contributed by atoms with Crippen molar-refractivity contribution in [2.75, 3.05) is 33.1 Å². The van der Waals surface area contributed by atoms with E-state index in [0.717, 1.165) is 12.8 Å². The average molecular weight is 374 g/mol. The van der Waals surface area contributed by atoms with Gasteiger partial charge in [0.2, 0.25) is 0 Å². The molecule has 7 nitrogen and oxygen atoms in total. The van der Waals surface area contributed by atoms with Crippen LogP contribution in [0.25, 0.3) is 10.9 Å². The van der Waals surface area contributed by atoms with Crippen molar-refractivity contribution < 1.29 is 24.0 Å². The molecule has 3 N–H and O–H groups in total. The van der Waals surface area contributed by atoms with Gasteiger partial charge in [-0.2, -0.15) is 0 Å². The number of benzene rings is 1. The fourth-order valence-corrected chi connectivity index (χ4v) is 3.94. The molecule has 1 amide bonds. The van der Waals surface area contributed by atoms with Gasteiger partial charge < -0.3 is 24.7 Å². The van der Waals surface area contributed by atoms with Gasteiger partial charge in [-0.3, -0.25) is 4.79 Å². The summed E-state index contributed by atoms with van der Waals surface area (Å²) in [5.74, 6) is -0.0752. The number of quaternary nitrogens is 1. The molecule has 1 aromatic carbocycles. The molecule has 3 rings (SSSR count). The standard InChI is InChI=1S/C20H27N3O4/c1-23(13-8-5-4-6-9-13)12-16(24)22-18-17-14(10-7-11-15(17)26-2)21-19(18)20(25)27-3/h7,10-11,13,21H,4-6,8-9,12H2,1-3H3,(H,22,24)/p+1. The Morgan fingerprint density at radius 2 is 1.96 bits per heavy atom.